The van der Waals surface area contributed by atoms with E-state index in [1.165, 1.54) is 31.0 Å². The summed E-state index contributed by atoms with van der Waals surface area (Å²) >= 11 is 0. The molecule has 7 nitrogen and oxygen atoms in total. The Morgan fingerprint density at radius 1 is 0.970 bits per heavy atom. The molecule has 0 bridgehead atoms. The van der Waals surface area contributed by atoms with E-state index in [4.69, 9.17) is 4.74 Å². The van der Waals surface area contributed by atoms with E-state index in [1.807, 2.05) is 54.6 Å². The molecule has 0 aliphatic heterocycles. The highest BCUT2D eigenvalue weighted by atomic mass is 32.2. The first-order valence-corrected chi connectivity index (χ1v) is 12.0. The lowest BCUT2D eigenvalue weighted by molar-refractivity contribution is -0.121. The summed E-state index contributed by atoms with van der Waals surface area (Å²) in [5.74, 6) is 0.00653. The van der Waals surface area contributed by atoms with Crippen LogP contribution in [0.25, 0.3) is 0 Å². The van der Waals surface area contributed by atoms with Crippen molar-refractivity contribution < 1.29 is 17.9 Å². The van der Waals surface area contributed by atoms with Gasteiger partial charge < -0.3 is 4.74 Å². The minimum Gasteiger partial charge on any atom is -0.497 e. The van der Waals surface area contributed by atoms with E-state index in [2.05, 4.69) is 17.5 Å². The van der Waals surface area contributed by atoms with Crippen molar-refractivity contribution in [2.24, 2.45) is 5.10 Å². The average Bonchev–Trinajstić information content (AvgIpc) is 2.84. The van der Waals surface area contributed by atoms with Gasteiger partial charge in [-0.25, -0.2) is 13.8 Å². The molecule has 0 aliphatic rings. The molecule has 0 atom stereocenters. The van der Waals surface area contributed by atoms with E-state index in [9.17, 15) is 13.2 Å². The fraction of sp³-hybridized carbons (Fsp3) is 0.200. The second kappa shape index (κ2) is 11.4. The van der Waals surface area contributed by atoms with Gasteiger partial charge in [0.2, 0.25) is 10.0 Å². The minimum absolute atomic E-state index is 0.0464. The number of ether oxygens (including phenoxy) is 1. The zero-order valence-electron chi connectivity index (χ0n) is 18.6. The molecule has 1 N–H and O–H groups in total. The maximum atomic E-state index is 13.3. The van der Waals surface area contributed by atoms with Crippen molar-refractivity contribution in [3.8, 4) is 5.75 Å². The van der Waals surface area contributed by atoms with Gasteiger partial charge in [-0.2, -0.15) is 9.41 Å². The van der Waals surface area contributed by atoms with Crippen LogP contribution in [0.5, 0.6) is 5.75 Å². The number of hydrogen-bond acceptors (Lipinski definition) is 5. The van der Waals surface area contributed by atoms with Crippen LogP contribution in [0, 0.1) is 0 Å². The lowest BCUT2D eigenvalue weighted by atomic mass is 10.1. The van der Waals surface area contributed by atoms with Crippen molar-refractivity contribution in [2.75, 3.05) is 13.7 Å². The molecule has 0 aliphatic carbocycles. The van der Waals surface area contributed by atoms with Gasteiger partial charge >= 0.3 is 0 Å². The number of aryl methyl sites for hydroxylation is 1. The number of hydrogen-bond donors (Lipinski definition) is 1. The van der Waals surface area contributed by atoms with E-state index < -0.39 is 15.9 Å². The molecule has 33 heavy (non-hydrogen) atoms. The number of hydrazone groups is 1. The van der Waals surface area contributed by atoms with Gasteiger partial charge in [-0.15, -0.1) is 0 Å². The Labute approximate surface area is 194 Å². The number of methoxy groups -OCH3 is 1. The van der Waals surface area contributed by atoms with Crippen LogP contribution in [0.3, 0.4) is 0 Å². The SMILES string of the molecule is CCc1ccc(/C=N\NC(=O)CN(Cc2ccccc2)S(=O)(=O)c2ccc(OC)cc2)cc1. The van der Waals surface area contributed by atoms with Gasteiger partial charge in [0.1, 0.15) is 5.75 Å². The third kappa shape index (κ3) is 6.74. The van der Waals surface area contributed by atoms with Crippen molar-refractivity contribution in [1.82, 2.24) is 9.73 Å². The first kappa shape index (κ1) is 24.2. The zero-order chi connectivity index (χ0) is 23.7. The Bertz CT molecular complexity index is 1180. The number of amides is 1. The van der Waals surface area contributed by atoms with Crippen LogP contribution in [-0.4, -0.2) is 38.5 Å². The lowest BCUT2D eigenvalue weighted by Crippen LogP contribution is -2.39. The molecule has 3 aromatic carbocycles. The fourth-order valence-electron chi connectivity index (χ4n) is 3.12. The summed E-state index contributed by atoms with van der Waals surface area (Å²) in [6.45, 7) is 1.74. The van der Waals surface area contributed by atoms with Crippen molar-refractivity contribution in [3.05, 3.63) is 95.6 Å². The molecule has 0 unspecified atom stereocenters. The van der Waals surface area contributed by atoms with Gasteiger partial charge in [-0.3, -0.25) is 4.79 Å². The highest BCUT2D eigenvalue weighted by Gasteiger charge is 2.27. The molecule has 3 aromatic rings. The normalized spacial score (nSPS) is 11.6. The lowest BCUT2D eigenvalue weighted by Gasteiger charge is -2.21. The Hall–Kier alpha value is -3.49. The van der Waals surface area contributed by atoms with Crippen molar-refractivity contribution in [2.45, 2.75) is 24.8 Å². The summed E-state index contributed by atoms with van der Waals surface area (Å²) in [5, 5.41) is 3.97. The molecule has 0 saturated carbocycles. The average molecular weight is 466 g/mol. The van der Waals surface area contributed by atoms with E-state index in [0.717, 1.165) is 21.9 Å². The molecule has 0 saturated heterocycles. The van der Waals surface area contributed by atoms with Crippen LogP contribution < -0.4 is 10.2 Å². The highest BCUT2D eigenvalue weighted by molar-refractivity contribution is 7.89. The van der Waals surface area contributed by atoms with E-state index in [-0.39, 0.29) is 18.0 Å². The third-order valence-corrected chi connectivity index (χ3v) is 6.82. The van der Waals surface area contributed by atoms with Crippen LogP contribution in [0.15, 0.2) is 88.9 Å². The summed E-state index contributed by atoms with van der Waals surface area (Å²) in [6, 6.07) is 23.0. The minimum atomic E-state index is -3.94. The first-order chi connectivity index (χ1) is 15.9. The quantitative estimate of drug-likeness (QED) is 0.366. The monoisotopic (exact) mass is 465 g/mol. The molecule has 0 aromatic heterocycles. The number of carbonyl (C=O) groups is 1. The van der Waals surface area contributed by atoms with Gasteiger partial charge in [0.15, 0.2) is 0 Å². The summed E-state index contributed by atoms with van der Waals surface area (Å²) in [6.07, 6.45) is 2.46. The molecule has 3 rings (SSSR count). The van der Waals surface area contributed by atoms with Crippen LogP contribution in [0.2, 0.25) is 0 Å². The maximum Gasteiger partial charge on any atom is 0.255 e. The largest absolute Gasteiger partial charge is 0.497 e. The van der Waals surface area contributed by atoms with Crippen molar-refractivity contribution in [1.29, 1.82) is 0 Å². The molecule has 0 heterocycles. The molecular formula is C25H27N3O4S. The molecule has 1 amide bonds. The Morgan fingerprint density at radius 2 is 1.64 bits per heavy atom. The number of carbonyl (C=O) groups excluding carboxylic acids is 1. The van der Waals surface area contributed by atoms with Crippen LogP contribution in [0.4, 0.5) is 0 Å². The predicted octanol–water partition coefficient (Wildman–Crippen LogP) is 3.60. The Balaban J connectivity index is 1.75. The Morgan fingerprint density at radius 3 is 2.24 bits per heavy atom. The second-order valence-electron chi connectivity index (χ2n) is 7.32. The van der Waals surface area contributed by atoms with Gasteiger partial charge in [0.05, 0.1) is 24.8 Å². The first-order valence-electron chi connectivity index (χ1n) is 10.5. The van der Waals surface area contributed by atoms with Crippen molar-refractivity contribution in [3.63, 3.8) is 0 Å². The number of benzene rings is 3. The van der Waals surface area contributed by atoms with E-state index in [1.54, 1.807) is 12.1 Å². The summed E-state index contributed by atoms with van der Waals surface area (Å²) in [5.41, 5.74) is 5.23. The number of nitrogens with zero attached hydrogens (tertiary/aromatic N) is 2. The number of nitrogens with one attached hydrogen (secondary N) is 1. The van der Waals surface area contributed by atoms with Crippen LogP contribution in [-0.2, 0) is 27.8 Å². The molecule has 0 radical (unpaired) electrons. The highest BCUT2D eigenvalue weighted by Crippen LogP contribution is 2.21. The van der Waals surface area contributed by atoms with Gasteiger partial charge in [0, 0.05) is 6.54 Å². The molecule has 8 heteroatoms. The van der Waals surface area contributed by atoms with Gasteiger partial charge in [0.25, 0.3) is 5.91 Å². The molecule has 0 fully saturated rings. The van der Waals surface area contributed by atoms with Gasteiger partial charge in [-0.05, 0) is 47.4 Å². The van der Waals surface area contributed by atoms with Crippen LogP contribution >= 0.6 is 0 Å². The maximum absolute atomic E-state index is 13.3. The number of sulfonamides is 1. The summed E-state index contributed by atoms with van der Waals surface area (Å²) in [7, 11) is -2.43. The predicted molar refractivity (Wildman–Crippen MR) is 129 cm³/mol. The topological polar surface area (TPSA) is 88.1 Å². The number of rotatable bonds is 10. The third-order valence-electron chi connectivity index (χ3n) is 5.01. The standard InChI is InChI=1S/C25H27N3O4S/c1-3-20-9-11-21(12-10-20)17-26-27-25(29)19-28(18-22-7-5-4-6-8-22)33(30,31)24-15-13-23(32-2)14-16-24/h4-17H,3,18-19H2,1-2H3,(H,27,29)/b26-17-. The molecule has 172 valence electrons. The molecule has 0 spiro atoms. The van der Waals surface area contributed by atoms with Crippen LogP contribution in [0.1, 0.15) is 23.6 Å². The van der Waals surface area contributed by atoms with E-state index in [0.29, 0.717) is 5.75 Å². The summed E-state index contributed by atoms with van der Waals surface area (Å²) < 4.78 is 32.8. The van der Waals surface area contributed by atoms with Crippen molar-refractivity contribution >= 4 is 22.1 Å². The summed E-state index contributed by atoms with van der Waals surface area (Å²) in [4.78, 5) is 12.6. The second-order valence-corrected chi connectivity index (χ2v) is 9.26. The van der Waals surface area contributed by atoms with E-state index >= 15 is 0 Å². The molecular weight excluding hydrogens is 438 g/mol. The fourth-order valence-corrected chi connectivity index (χ4v) is 4.51. The smallest absolute Gasteiger partial charge is 0.255 e. The Kier molecular flexibility index (Phi) is 8.34. The van der Waals surface area contributed by atoms with Gasteiger partial charge in [-0.1, -0.05) is 61.5 Å². The zero-order valence-corrected chi connectivity index (χ0v) is 19.5.